The molecular weight excluding hydrogens is 400 g/mol. The van der Waals surface area contributed by atoms with Gasteiger partial charge in [-0.05, 0) is 53.1 Å². The quantitative estimate of drug-likeness (QED) is 0.400. The highest BCUT2D eigenvalue weighted by Crippen LogP contribution is 2.42. The number of ether oxygens (including phenoxy) is 2. The molecule has 0 amide bonds. The van der Waals surface area contributed by atoms with Crippen LogP contribution in [0.1, 0.15) is 27.6 Å². The Labute approximate surface area is 179 Å². The number of methoxy groups -OCH3 is 2. The molecule has 0 fully saturated rings. The van der Waals surface area contributed by atoms with Crippen molar-refractivity contribution >= 4 is 17.0 Å². The maximum atomic E-state index is 10.9. The second-order valence-electron chi connectivity index (χ2n) is 7.28. The first-order valence-electron chi connectivity index (χ1n) is 9.86. The van der Waals surface area contributed by atoms with E-state index in [2.05, 4.69) is 34.5 Å². The topological polar surface area (TPSA) is 64.8 Å². The van der Waals surface area contributed by atoms with Crippen LogP contribution in [-0.2, 0) is 12.8 Å². The first kappa shape index (κ1) is 20.4. The Kier molecular flexibility index (Phi) is 6.01. The molecule has 2 aromatic carbocycles. The predicted octanol–water partition coefficient (Wildman–Crippen LogP) is 4.86. The summed E-state index contributed by atoms with van der Waals surface area (Å²) in [6.07, 6.45) is 1.78. The molecule has 0 spiro atoms. The zero-order valence-corrected chi connectivity index (χ0v) is 17.9. The van der Waals surface area contributed by atoms with E-state index in [0.717, 1.165) is 43.0 Å². The lowest BCUT2D eigenvalue weighted by Crippen LogP contribution is -2.37. The molecular formula is C23H24N2O4S. The summed E-state index contributed by atoms with van der Waals surface area (Å²) in [5, 5.41) is 13.0. The number of nitro groups is 1. The number of benzene rings is 2. The van der Waals surface area contributed by atoms with E-state index in [1.165, 1.54) is 16.0 Å². The van der Waals surface area contributed by atoms with E-state index in [-0.39, 0.29) is 16.7 Å². The summed E-state index contributed by atoms with van der Waals surface area (Å²) >= 11 is 1.76. The monoisotopic (exact) mass is 424 g/mol. The maximum Gasteiger partial charge on any atom is 0.269 e. The van der Waals surface area contributed by atoms with Gasteiger partial charge < -0.3 is 9.47 Å². The summed E-state index contributed by atoms with van der Waals surface area (Å²) in [6, 6.07) is 15.5. The summed E-state index contributed by atoms with van der Waals surface area (Å²) in [5.41, 5.74) is 3.77. The lowest BCUT2D eigenvalue weighted by molar-refractivity contribution is -0.384. The molecule has 1 atom stereocenters. The molecule has 1 aliphatic rings. The fourth-order valence-electron chi connectivity index (χ4n) is 4.08. The standard InChI is InChI=1S/C23H24N2O4S/c1-28-20-14-17-10-12-24(11-9-16-5-7-18(8-6-16)25(26)27)23(22-4-3-13-30-22)19(17)15-21(20)29-2/h3-8,13-15,23H,9-12H2,1-2H3. The largest absolute Gasteiger partial charge is 0.493 e. The SMILES string of the molecule is COc1cc2c(cc1OC)C(c1cccs1)N(CCc1ccc([N+](=O)[O-])cc1)CC2. The van der Waals surface area contributed by atoms with E-state index in [0.29, 0.717) is 0 Å². The van der Waals surface area contributed by atoms with Gasteiger partial charge in [-0.25, -0.2) is 0 Å². The molecule has 1 aliphatic heterocycles. The molecule has 2 heterocycles. The van der Waals surface area contributed by atoms with E-state index in [1.54, 1.807) is 37.7 Å². The molecule has 0 bridgehead atoms. The molecule has 1 unspecified atom stereocenters. The van der Waals surface area contributed by atoms with Crippen LogP contribution >= 0.6 is 11.3 Å². The van der Waals surface area contributed by atoms with Gasteiger partial charge in [0, 0.05) is 30.1 Å². The van der Waals surface area contributed by atoms with E-state index in [1.807, 2.05) is 12.1 Å². The van der Waals surface area contributed by atoms with Gasteiger partial charge in [0.2, 0.25) is 0 Å². The van der Waals surface area contributed by atoms with Gasteiger partial charge in [-0.1, -0.05) is 18.2 Å². The van der Waals surface area contributed by atoms with Crippen molar-refractivity contribution in [1.82, 2.24) is 4.90 Å². The highest BCUT2D eigenvalue weighted by atomic mass is 32.1. The third kappa shape index (κ3) is 4.04. The third-order valence-corrected chi connectivity index (χ3v) is 6.55. The summed E-state index contributed by atoms with van der Waals surface area (Å²) in [6.45, 7) is 1.81. The van der Waals surface area contributed by atoms with E-state index in [4.69, 9.17) is 9.47 Å². The fraction of sp³-hybridized carbons (Fsp3) is 0.304. The number of fused-ring (bicyclic) bond motifs is 1. The van der Waals surface area contributed by atoms with Crippen LogP contribution < -0.4 is 9.47 Å². The highest BCUT2D eigenvalue weighted by molar-refractivity contribution is 7.10. The minimum Gasteiger partial charge on any atom is -0.493 e. The molecule has 6 nitrogen and oxygen atoms in total. The van der Waals surface area contributed by atoms with Crippen LogP contribution in [0.2, 0.25) is 0 Å². The van der Waals surface area contributed by atoms with Gasteiger partial charge in [-0.3, -0.25) is 15.0 Å². The van der Waals surface area contributed by atoms with Gasteiger partial charge >= 0.3 is 0 Å². The predicted molar refractivity (Wildman–Crippen MR) is 118 cm³/mol. The Balaban J connectivity index is 1.61. The summed E-state index contributed by atoms with van der Waals surface area (Å²) in [4.78, 5) is 14.3. The molecule has 7 heteroatoms. The summed E-state index contributed by atoms with van der Waals surface area (Å²) in [7, 11) is 3.33. The van der Waals surface area contributed by atoms with Crippen LogP contribution in [0, 0.1) is 10.1 Å². The van der Waals surface area contributed by atoms with Crippen LogP contribution in [0.5, 0.6) is 11.5 Å². The Morgan fingerprint density at radius 1 is 1.13 bits per heavy atom. The van der Waals surface area contributed by atoms with Crippen molar-refractivity contribution < 1.29 is 14.4 Å². The molecule has 0 radical (unpaired) electrons. The van der Waals surface area contributed by atoms with E-state index >= 15 is 0 Å². The van der Waals surface area contributed by atoms with Gasteiger partial charge in [-0.2, -0.15) is 0 Å². The number of hydrogen-bond acceptors (Lipinski definition) is 6. The number of non-ortho nitro benzene ring substituents is 1. The fourth-order valence-corrected chi connectivity index (χ4v) is 4.95. The summed E-state index contributed by atoms with van der Waals surface area (Å²) < 4.78 is 11.1. The zero-order valence-electron chi connectivity index (χ0n) is 17.0. The van der Waals surface area contributed by atoms with E-state index in [9.17, 15) is 10.1 Å². The Hall–Kier alpha value is -2.90. The first-order valence-corrected chi connectivity index (χ1v) is 10.7. The molecule has 0 saturated heterocycles. The Bertz CT molecular complexity index is 1020. The second kappa shape index (κ2) is 8.85. The van der Waals surface area contributed by atoms with Crippen molar-refractivity contribution in [3.8, 4) is 11.5 Å². The number of nitrogens with zero attached hydrogens (tertiary/aromatic N) is 2. The van der Waals surface area contributed by atoms with Crippen molar-refractivity contribution in [2.75, 3.05) is 27.3 Å². The van der Waals surface area contributed by atoms with Gasteiger partial charge in [0.25, 0.3) is 5.69 Å². The van der Waals surface area contributed by atoms with Crippen molar-refractivity contribution in [3.63, 3.8) is 0 Å². The molecule has 30 heavy (non-hydrogen) atoms. The van der Waals surface area contributed by atoms with Crippen LogP contribution in [0.4, 0.5) is 5.69 Å². The van der Waals surface area contributed by atoms with Crippen LogP contribution in [-0.4, -0.2) is 37.1 Å². The van der Waals surface area contributed by atoms with Gasteiger partial charge in [-0.15, -0.1) is 11.3 Å². The molecule has 3 aromatic rings. The third-order valence-electron chi connectivity index (χ3n) is 5.62. The molecule has 4 rings (SSSR count). The number of thiophene rings is 1. The minimum absolute atomic E-state index is 0.128. The highest BCUT2D eigenvalue weighted by Gasteiger charge is 2.30. The normalized spacial score (nSPS) is 16.1. The van der Waals surface area contributed by atoms with Crippen LogP contribution in [0.25, 0.3) is 0 Å². The maximum absolute atomic E-state index is 10.9. The summed E-state index contributed by atoms with van der Waals surface area (Å²) in [5.74, 6) is 1.51. The first-order chi connectivity index (χ1) is 14.6. The van der Waals surface area contributed by atoms with Crippen molar-refractivity contribution in [3.05, 3.63) is 85.6 Å². The van der Waals surface area contributed by atoms with Gasteiger partial charge in [0.1, 0.15) is 0 Å². The van der Waals surface area contributed by atoms with Crippen LogP contribution in [0.15, 0.2) is 53.9 Å². The van der Waals surface area contributed by atoms with Gasteiger partial charge in [0.05, 0.1) is 25.2 Å². The molecule has 0 N–H and O–H groups in total. The molecule has 1 aromatic heterocycles. The average Bonchev–Trinajstić information content (AvgIpc) is 3.30. The smallest absolute Gasteiger partial charge is 0.269 e. The second-order valence-corrected chi connectivity index (χ2v) is 8.26. The minimum atomic E-state index is -0.361. The Morgan fingerprint density at radius 2 is 1.87 bits per heavy atom. The molecule has 0 saturated carbocycles. The van der Waals surface area contributed by atoms with E-state index < -0.39 is 0 Å². The lowest BCUT2D eigenvalue weighted by atomic mass is 9.90. The Morgan fingerprint density at radius 3 is 2.50 bits per heavy atom. The zero-order chi connectivity index (χ0) is 21.1. The lowest BCUT2D eigenvalue weighted by Gasteiger charge is -2.37. The van der Waals surface area contributed by atoms with Crippen molar-refractivity contribution in [1.29, 1.82) is 0 Å². The van der Waals surface area contributed by atoms with Crippen molar-refractivity contribution in [2.24, 2.45) is 0 Å². The number of rotatable bonds is 7. The molecule has 156 valence electrons. The number of nitro benzene ring substituents is 1. The number of hydrogen-bond donors (Lipinski definition) is 0. The average molecular weight is 425 g/mol. The van der Waals surface area contributed by atoms with Crippen LogP contribution in [0.3, 0.4) is 0 Å². The van der Waals surface area contributed by atoms with Gasteiger partial charge in [0.15, 0.2) is 11.5 Å². The van der Waals surface area contributed by atoms with Crippen molar-refractivity contribution in [2.45, 2.75) is 18.9 Å². The molecule has 0 aliphatic carbocycles.